The van der Waals surface area contributed by atoms with Crippen LogP contribution >= 0.6 is 0 Å². The molecule has 0 aliphatic carbocycles. The number of aryl methyl sites for hydroxylation is 2. The summed E-state index contributed by atoms with van der Waals surface area (Å²) in [5, 5.41) is 17.8. The summed E-state index contributed by atoms with van der Waals surface area (Å²) in [6.45, 7) is 2.69. The van der Waals surface area contributed by atoms with Gasteiger partial charge in [0.25, 0.3) is 11.6 Å². The topological polar surface area (TPSA) is 127 Å². The molecule has 1 fully saturated rings. The fraction of sp³-hybridized carbons (Fsp3) is 0.444. The highest BCUT2D eigenvalue weighted by Crippen LogP contribution is 2.28. The Morgan fingerprint density at radius 2 is 2.03 bits per heavy atom. The second-order valence-corrected chi connectivity index (χ2v) is 9.07. The monoisotopic (exact) mass is 421 g/mol. The van der Waals surface area contributed by atoms with Gasteiger partial charge in [-0.15, -0.1) is 0 Å². The molecule has 156 valence electrons. The number of nitrogens with one attached hydrogen (secondary N) is 1. The standard InChI is InChI=1S/C18H23N5O5S/c1-13-3-4-16(23(25)26)9-17(13)29(27,28)22-7-5-14(6-8-22)10-19-18(24)15-11-20-21(2)12-15/h3-4,9,11-12,14H,5-8,10H2,1-2H3,(H,19,24). The molecule has 1 aliphatic rings. The highest BCUT2D eigenvalue weighted by Gasteiger charge is 2.31. The van der Waals surface area contributed by atoms with Gasteiger partial charge < -0.3 is 5.32 Å². The van der Waals surface area contributed by atoms with Crippen LogP contribution in [0.15, 0.2) is 35.5 Å². The lowest BCUT2D eigenvalue weighted by atomic mass is 9.98. The van der Waals surface area contributed by atoms with Gasteiger partial charge in [0.1, 0.15) is 0 Å². The maximum Gasteiger partial charge on any atom is 0.270 e. The van der Waals surface area contributed by atoms with Crippen LogP contribution in [0, 0.1) is 23.0 Å². The molecular formula is C18H23N5O5S. The van der Waals surface area contributed by atoms with E-state index < -0.39 is 14.9 Å². The summed E-state index contributed by atoms with van der Waals surface area (Å²) in [4.78, 5) is 22.5. The highest BCUT2D eigenvalue weighted by molar-refractivity contribution is 7.89. The molecule has 0 saturated carbocycles. The third-order valence-corrected chi connectivity index (χ3v) is 7.13. The molecule has 0 spiro atoms. The summed E-state index contributed by atoms with van der Waals surface area (Å²) in [7, 11) is -2.08. The van der Waals surface area contributed by atoms with Crippen molar-refractivity contribution in [3.63, 3.8) is 0 Å². The van der Waals surface area contributed by atoms with Crippen molar-refractivity contribution in [1.29, 1.82) is 0 Å². The van der Waals surface area contributed by atoms with Crippen LogP contribution in [0.5, 0.6) is 0 Å². The van der Waals surface area contributed by atoms with Gasteiger partial charge in [-0.05, 0) is 31.2 Å². The van der Waals surface area contributed by atoms with E-state index in [1.807, 2.05) is 0 Å². The zero-order chi connectivity index (χ0) is 21.2. The second-order valence-electron chi connectivity index (χ2n) is 7.17. The van der Waals surface area contributed by atoms with Crippen LogP contribution in [0.4, 0.5) is 5.69 Å². The number of benzene rings is 1. The quantitative estimate of drug-likeness (QED) is 0.556. The molecule has 10 nitrogen and oxygen atoms in total. The molecule has 1 amide bonds. The lowest BCUT2D eigenvalue weighted by Gasteiger charge is -2.31. The predicted molar refractivity (Wildman–Crippen MR) is 105 cm³/mol. The Kier molecular flexibility index (Phi) is 5.99. The zero-order valence-corrected chi connectivity index (χ0v) is 17.1. The van der Waals surface area contributed by atoms with Crippen LogP contribution in [0.2, 0.25) is 0 Å². The smallest absolute Gasteiger partial charge is 0.270 e. The van der Waals surface area contributed by atoms with Crippen molar-refractivity contribution in [3.05, 3.63) is 51.8 Å². The van der Waals surface area contributed by atoms with E-state index in [0.29, 0.717) is 43.6 Å². The lowest BCUT2D eigenvalue weighted by molar-refractivity contribution is -0.385. The molecule has 29 heavy (non-hydrogen) atoms. The second kappa shape index (κ2) is 8.29. The van der Waals surface area contributed by atoms with Gasteiger partial charge >= 0.3 is 0 Å². The molecule has 1 saturated heterocycles. The number of piperidine rings is 1. The minimum Gasteiger partial charge on any atom is -0.352 e. The lowest BCUT2D eigenvalue weighted by Crippen LogP contribution is -2.41. The average molecular weight is 421 g/mol. The van der Waals surface area contributed by atoms with Gasteiger partial charge in [0.05, 0.1) is 21.6 Å². The number of carbonyl (C=O) groups is 1. The van der Waals surface area contributed by atoms with Gasteiger partial charge in [-0.1, -0.05) is 6.07 Å². The van der Waals surface area contributed by atoms with Gasteiger partial charge in [-0.2, -0.15) is 9.40 Å². The van der Waals surface area contributed by atoms with Gasteiger partial charge in [0, 0.05) is 45.0 Å². The fourth-order valence-electron chi connectivity index (χ4n) is 3.35. The minimum absolute atomic E-state index is 0.0324. The first-order chi connectivity index (χ1) is 13.7. The SMILES string of the molecule is Cc1ccc([N+](=O)[O-])cc1S(=O)(=O)N1CCC(CNC(=O)c2cnn(C)c2)CC1. The Morgan fingerprint density at radius 1 is 1.34 bits per heavy atom. The first-order valence-electron chi connectivity index (χ1n) is 9.20. The Balaban J connectivity index is 1.60. The van der Waals surface area contributed by atoms with E-state index in [2.05, 4.69) is 10.4 Å². The van der Waals surface area contributed by atoms with E-state index in [1.165, 1.54) is 22.6 Å². The van der Waals surface area contributed by atoms with E-state index in [-0.39, 0.29) is 22.4 Å². The van der Waals surface area contributed by atoms with Crippen molar-refractivity contribution in [2.45, 2.75) is 24.7 Å². The summed E-state index contributed by atoms with van der Waals surface area (Å²) in [6, 6.07) is 3.86. The molecule has 3 rings (SSSR count). The van der Waals surface area contributed by atoms with Gasteiger partial charge in [0.15, 0.2) is 0 Å². The van der Waals surface area contributed by atoms with E-state index in [1.54, 1.807) is 24.9 Å². The summed E-state index contributed by atoms with van der Waals surface area (Å²) in [5.41, 5.74) is 0.706. The average Bonchev–Trinajstić information content (AvgIpc) is 3.13. The Labute approximate surface area is 168 Å². The normalized spacial score (nSPS) is 15.9. The molecule has 1 aromatic carbocycles. The largest absolute Gasteiger partial charge is 0.352 e. The van der Waals surface area contributed by atoms with Crippen molar-refractivity contribution in [2.75, 3.05) is 19.6 Å². The van der Waals surface area contributed by atoms with Crippen LogP contribution in [0.3, 0.4) is 0 Å². The maximum absolute atomic E-state index is 13.0. The Bertz CT molecular complexity index is 1030. The molecule has 11 heteroatoms. The molecule has 0 unspecified atom stereocenters. The number of non-ortho nitro benzene ring substituents is 1. The first-order valence-corrected chi connectivity index (χ1v) is 10.6. The number of nitro groups is 1. The Morgan fingerprint density at radius 3 is 2.62 bits per heavy atom. The van der Waals surface area contributed by atoms with Crippen molar-refractivity contribution in [1.82, 2.24) is 19.4 Å². The van der Waals surface area contributed by atoms with Crippen LogP contribution in [0.25, 0.3) is 0 Å². The fourth-order valence-corrected chi connectivity index (χ4v) is 5.06. The van der Waals surface area contributed by atoms with Crippen LogP contribution in [0.1, 0.15) is 28.8 Å². The van der Waals surface area contributed by atoms with Gasteiger partial charge in [-0.25, -0.2) is 8.42 Å². The molecule has 0 bridgehead atoms. The van der Waals surface area contributed by atoms with Crippen molar-refractivity contribution in [2.24, 2.45) is 13.0 Å². The molecule has 0 radical (unpaired) electrons. The summed E-state index contributed by atoms with van der Waals surface area (Å²) < 4.78 is 28.8. The molecule has 2 heterocycles. The molecule has 1 N–H and O–H groups in total. The number of rotatable bonds is 6. The predicted octanol–water partition coefficient (Wildman–Crippen LogP) is 1.47. The van der Waals surface area contributed by atoms with Crippen LogP contribution < -0.4 is 5.32 Å². The number of nitrogens with zero attached hydrogens (tertiary/aromatic N) is 4. The molecule has 1 aliphatic heterocycles. The van der Waals surface area contributed by atoms with E-state index >= 15 is 0 Å². The maximum atomic E-state index is 13.0. The minimum atomic E-state index is -3.81. The van der Waals surface area contributed by atoms with E-state index in [9.17, 15) is 23.3 Å². The first kappa shape index (κ1) is 20.9. The van der Waals surface area contributed by atoms with Gasteiger partial charge in [-0.3, -0.25) is 19.6 Å². The van der Waals surface area contributed by atoms with E-state index in [0.717, 1.165) is 6.07 Å². The number of hydrogen-bond donors (Lipinski definition) is 1. The van der Waals surface area contributed by atoms with Crippen LogP contribution in [-0.4, -0.2) is 53.0 Å². The van der Waals surface area contributed by atoms with Gasteiger partial charge in [0.2, 0.25) is 10.0 Å². The number of amides is 1. The summed E-state index contributed by atoms with van der Waals surface area (Å²) in [5.74, 6) is -0.0475. The molecule has 2 aromatic rings. The molecular weight excluding hydrogens is 398 g/mol. The van der Waals surface area contributed by atoms with Crippen molar-refractivity contribution < 1.29 is 18.1 Å². The van der Waals surface area contributed by atoms with E-state index in [4.69, 9.17) is 0 Å². The molecule has 1 aromatic heterocycles. The third kappa shape index (κ3) is 4.62. The third-order valence-electron chi connectivity index (χ3n) is 5.09. The number of sulfonamides is 1. The number of aromatic nitrogens is 2. The number of hydrogen-bond acceptors (Lipinski definition) is 6. The number of nitro benzene ring substituents is 1. The molecule has 0 atom stereocenters. The number of carbonyl (C=O) groups excluding carboxylic acids is 1. The Hall–Kier alpha value is -2.79. The summed E-state index contributed by atoms with van der Waals surface area (Å²) >= 11 is 0. The zero-order valence-electron chi connectivity index (χ0n) is 16.2. The summed E-state index contributed by atoms with van der Waals surface area (Å²) in [6.07, 6.45) is 4.32. The highest BCUT2D eigenvalue weighted by atomic mass is 32.2. The van der Waals surface area contributed by atoms with Crippen LogP contribution in [-0.2, 0) is 17.1 Å². The van der Waals surface area contributed by atoms with Crippen molar-refractivity contribution >= 4 is 21.6 Å². The van der Waals surface area contributed by atoms with Crippen molar-refractivity contribution in [3.8, 4) is 0 Å².